The van der Waals surface area contributed by atoms with Crippen molar-refractivity contribution in [2.45, 2.75) is 49.4 Å². The Morgan fingerprint density at radius 3 is 2.38 bits per heavy atom. The predicted molar refractivity (Wildman–Crippen MR) is 85.5 cm³/mol. The molecule has 1 atom stereocenters. The average molecular weight is 413 g/mol. The Kier molecular flexibility index (Phi) is 5.66. The number of hydrogen-bond donors (Lipinski definition) is 0. The van der Waals surface area contributed by atoms with Crippen LogP contribution in [-0.2, 0) is 0 Å². The van der Waals surface area contributed by atoms with Crippen molar-refractivity contribution in [2.75, 3.05) is 5.75 Å². The number of aromatic nitrogens is 1. The number of alkyl halides is 1. The smallest absolute Gasteiger partial charge is 0.202 e. The quantitative estimate of drug-likeness (QED) is 0.250. The van der Waals surface area contributed by atoms with E-state index in [2.05, 4.69) is 20.9 Å². The molecule has 0 N–H and O–H groups in total. The topological polar surface area (TPSA) is 12.9 Å². The van der Waals surface area contributed by atoms with Gasteiger partial charge in [0.25, 0.3) is 0 Å². The van der Waals surface area contributed by atoms with Crippen LogP contribution < -0.4 is 0 Å². The molecule has 21 heavy (non-hydrogen) atoms. The fourth-order valence-corrected chi connectivity index (χ4v) is 4.83. The van der Waals surface area contributed by atoms with Crippen molar-refractivity contribution >= 4 is 37.4 Å². The maximum atomic E-state index is 14.1. The van der Waals surface area contributed by atoms with Crippen LogP contribution in [0.4, 0.5) is 15.5 Å². The lowest BCUT2D eigenvalue weighted by Crippen LogP contribution is -2.26. The first kappa shape index (κ1) is 19.0. The van der Waals surface area contributed by atoms with Crippen molar-refractivity contribution in [1.82, 2.24) is 4.98 Å². The van der Waals surface area contributed by atoms with Crippen molar-refractivity contribution in [2.24, 2.45) is 0 Å². The number of rotatable bonds is 8. The molecule has 0 radical (unpaired) electrons. The number of unbranched alkanes of at least 4 members (excludes halogenated alkanes) is 3. The third-order valence-corrected chi connectivity index (χ3v) is 6.32. The van der Waals surface area contributed by atoms with Gasteiger partial charge in [-0.25, -0.2) is 4.98 Å². The van der Waals surface area contributed by atoms with Crippen LogP contribution in [0.5, 0.6) is 0 Å². The van der Waals surface area contributed by atoms with Crippen molar-refractivity contribution in [1.29, 1.82) is 0 Å². The highest BCUT2D eigenvalue weighted by Gasteiger charge is 2.66. The zero-order valence-electron chi connectivity index (χ0n) is 11.7. The molecular formula is C13H19BrClF4NS. The molecule has 0 aromatic carbocycles. The highest BCUT2D eigenvalue weighted by molar-refractivity contribution is 9.10. The van der Waals surface area contributed by atoms with Gasteiger partial charge in [-0.15, -0.1) is 27.1 Å². The Bertz CT molecular complexity index is 476. The molecule has 0 bridgehead atoms. The Balaban J connectivity index is 2.82. The SMILES string of the molecule is CCCCCCC(Cl)CS(F)(F)(F)(F)c1ccc(Br)cn1. The van der Waals surface area contributed by atoms with Gasteiger partial charge in [0, 0.05) is 16.0 Å². The maximum Gasteiger partial charge on any atom is 0.202 e. The molecule has 1 rings (SSSR count). The van der Waals surface area contributed by atoms with Crippen molar-refractivity contribution in [3.63, 3.8) is 0 Å². The Morgan fingerprint density at radius 2 is 1.86 bits per heavy atom. The van der Waals surface area contributed by atoms with Gasteiger partial charge in [-0.05, 0) is 34.5 Å². The Hall–Kier alpha value is -0.0100. The summed E-state index contributed by atoms with van der Waals surface area (Å²) in [5, 5.41) is -2.73. The van der Waals surface area contributed by atoms with Crippen LogP contribution in [0.2, 0.25) is 0 Å². The van der Waals surface area contributed by atoms with E-state index < -0.39 is 26.0 Å². The highest BCUT2D eigenvalue weighted by Crippen LogP contribution is 3.00. The van der Waals surface area contributed by atoms with Gasteiger partial charge in [0.1, 0.15) is 0 Å². The molecule has 1 aromatic heterocycles. The summed E-state index contributed by atoms with van der Waals surface area (Å²) in [7, 11) is -8.42. The van der Waals surface area contributed by atoms with Crippen LogP contribution >= 0.6 is 37.4 Å². The second kappa shape index (κ2) is 6.24. The van der Waals surface area contributed by atoms with Crippen molar-refractivity contribution in [3.05, 3.63) is 22.8 Å². The van der Waals surface area contributed by atoms with Crippen LogP contribution in [0.15, 0.2) is 27.8 Å². The summed E-state index contributed by atoms with van der Waals surface area (Å²) in [4.78, 5) is 3.20. The molecule has 0 saturated carbocycles. The Morgan fingerprint density at radius 1 is 1.19 bits per heavy atom. The van der Waals surface area contributed by atoms with E-state index in [1.165, 1.54) is 0 Å². The van der Waals surface area contributed by atoms with Crippen LogP contribution in [0.3, 0.4) is 0 Å². The van der Waals surface area contributed by atoms with Crippen LogP contribution in [0, 0.1) is 0 Å². The molecular weight excluding hydrogens is 394 g/mol. The molecule has 0 aliphatic heterocycles. The lowest BCUT2D eigenvalue weighted by molar-refractivity contribution is 0.432. The van der Waals surface area contributed by atoms with Gasteiger partial charge in [0.2, 0.25) is 9.84 Å². The molecule has 0 aliphatic rings. The summed E-state index contributed by atoms with van der Waals surface area (Å²) in [6, 6.07) is 1.79. The van der Waals surface area contributed by atoms with Gasteiger partial charge >= 0.3 is 0 Å². The highest BCUT2D eigenvalue weighted by atomic mass is 79.9. The second-order valence-corrected chi connectivity index (χ2v) is 9.93. The van der Waals surface area contributed by atoms with Crippen LogP contribution in [0.25, 0.3) is 0 Å². The van der Waals surface area contributed by atoms with E-state index in [4.69, 9.17) is 11.6 Å². The van der Waals surface area contributed by atoms with Crippen LogP contribution in [0.1, 0.15) is 39.0 Å². The summed E-state index contributed by atoms with van der Waals surface area (Å²) in [6.45, 7) is 2.00. The normalized spacial score (nSPS) is 17.1. The predicted octanol–water partition coefficient (Wildman–Crippen LogP) is 7.19. The van der Waals surface area contributed by atoms with Gasteiger partial charge in [-0.2, -0.15) is 0 Å². The molecule has 0 amide bonds. The summed E-state index contributed by atoms with van der Waals surface area (Å²) in [5.41, 5.74) is 0. The summed E-state index contributed by atoms with van der Waals surface area (Å²) in [5.74, 6) is -1.64. The molecule has 1 nitrogen and oxygen atoms in total. The maximum absolute atomic E-state index is 14.1. The lowest BCUT2D eigenvalue weighted by Gasteiger charge is -2.49. The van der Waals surface area contributed by atoms with E-state index in [1.54, 1.807) is 0 Å². The largest absolute Gasteiger partial charge is 0.242 e. The summed E-state index contributed by atoms with van der Waals surface area (Å²) >= 11 is 8.72. The van der Waals surface area contributed by atoms with Crippen molar-refractivity contribution < 1.29 is 15.5 Å². The minimum atomic E-state index is -8.42. The lowest BCUT2D eigenvalue weighted by atomic mass is 10.1. The number of pyridine rings is 1. The van der Waals surface area contributed by atoms with Gasteiger partial charge < -0.3 is 0 Å². The zero-order valence-corrected chi connectivity index (χ0v) is 14.8. The van der Waals surface area contributed by atoms with E-state index >= 15 is 0 Å². The molecule has 1 heterocycles. The molecule has 0 fully saturated rings. The minimum absolute atomic E-state index is 0.153. The zero-order chi connectivity index (χ0) is 16.2. The monoisotopic (exact) mass is 411 g/mol. The first-order valence-electron chi connectivity index (χ1n) is 6.72. The molecule has 124 valence electrons. The van der Waals surface area contributed by atoms with Crippen molar-refractivity contribution in [3.8, 4) is 0 Å². The third kappa shape index (κ3) is 5.94. The molecule has 0 aliphatic carbocycles. The van der Waals surface area contributed by atoms with E-state index in [0.717, 1.165) is 31.5 Å². The fourth-order valence-electron chi connectivity index (χ4n) is 1.96. The number of nitrogens with zero attached hydrogens (tertiary/aromatic N) is 1. The first-order chi connectivity index (χ1) is 9.47. The number of halogens is 6. The van der Waals surface area contributed by atoms with E-state index in [9.17, 15) is 15.5 Å². The second-order valence-electron chi connectivity index (χ2n) is 5.17. The van der Waals surface area contributed by atoms with Gasteiger partial charge in [-0.3, -0.25) is 0 Å². The third-order valence-electron chi connectivity index (χ3n) is 3.05. The fraction of sp³-hybridized carbons (Fsp3) is 0.615. The standard InChI is InChI=1S/C13H19BrClF4NS/c1-2-3-4-5-6-12(15)10-21(16,17,18,19)13-8-7-11(14)9-20-13/h7-9,12H,2-6,10H2,1H3. The van der Waals surface area contributed by atoms with E-state index in [1.807, 2.05) is 6.92 Å². The average Bonchev–Trinajstić information content (AvgIpc) is 2.33. The molecule has 0 saturated heterocycles. The number of hydrogen-bond acceptors (Lipinski definition) is 1. The molecule has 8 heteroatoms. The first-order valence-corrected chi connectivity index (χ1v) is 10.2. The van der Waals surface area contributed by atoms with Gasteiger partial charge in [0.05, 0.1) is 5.75 Å². The summed E-state index contributed by atoms with van der Waals surface area (Å²) < 4.78 is 56.8. The summed E-state index contributed by atoms with van der Waals surface area (Å²) in [6.07, 6.45) is 4.40. The Labute approximate surface area is 136 Å². The van der Waals surface area contributed by atoms with Crippen LogP contribution in [-0.4, -0.2) is 16.1 Å². The minimum Gasteiger partial charge on any atom is -0.242 e. The molecule has 0 spiro atoms. The molecule has 1 unspecified atom stereocenters. The van der Waals surface area contributed by atoms with Gasteiger partial charge in [-0.1, -0.05) is 32.6 Å². The van der Waals surface area contributed by atoms with E-state index in [-0.39, 0.29) is 6.42 Å². The van der Waals surface area contributed by atoms with E-state index in [0.29, 0.717) is 17.0 Å². The molecule has 1 aromatic rings. The van der Waals surface area contributed by atoms with Gasteiger partial charge in [0.15, 0.2) is 5.03 Å².